The molecule has 2 aromatic carbocycles. The van der Waals surface area contributed by atoms with Crippen molar-refractivity contribution < 1.29 is 14.3 Å². The fourth-order valence-corrected chi connectivity index (χ4v) is 2.71. The molecule has 0 heterocycles. The van der Waals surface area contributed by atoms with Crippen molar-refractivity contribution in [1.82, 2.24) is 10.6 Å². The van der Waals surface area contributed by atoms with Gasteiger partial charge in [-0.15, -0.1) is 0 Å². The van der Waals surface area contributed by atoms with Crippen molar-refractivity contribution in [2.24, 2.45) is 0 Å². The van der Waals surface area contributed by atoms with Gasteiger partial charge in [0.25, 0.3) is 5.91 Å². The molecule has 0 radical (unpaired) electrons. The Morgan fingerprint density at radius 1 is 1.18 bits per heavy atom. The van der Waals surface area contributed by atoms with E-state index in [-0.39, 0.29) is 5.57 Å². The number of benzene rings is 2. The number of methoxy groups -OCH3 is 2. The van der Waals surface area contributed by atoms with E-state index in [0.29, 0.717) is 36.0 Å². The first kappa shape index (κ1) is 21.1. The van der Waals surface area contributed by atoms with Gasteiger partial charge < -0.3 is 20.1 Å². The lowest BCUT2D eigenvalue weighted by Gasteiger charge is -2.10. The molecule has 28 heavy (non-hydrogen) atoms. The number of carbonyl (C=O) groups excluding carboxylic acids is 1. The molecule has 0 atom stereocenters. The Kier molecular flexibility index (Phi) is 8.19. The van der Waals surface area contributed by atoms with Crippen molar-refractivity contribution in [1.29, 1.82) is 5.26 Å². The summed E-state index contributed by atoms with van der Waals surface area (Å²) in [6.45, 7) is 0.807. The molecule has 1 amide bonds. The Bertz CT molecular complexity index is 891. The van der Waals surface area contributed by atoms with Crippen LogP contribution in [0.3, 0.4) is 0 Å². The summed E-state index contributed by atoms with van der Waals surface area (Å²) in [4.78, 5) is 12.2. The maximum Gasteiger partial charge on any atom is 0.263 e. The number of halogens is 1. The summed E-state index contributed by atoms with van der Waals surface area (Å²) in [6.07, 6.45) is 1.99. The van der Waals surface area contributed by atoms with Crippen LogP contribution in [0.1, 0.15) is 11.1 Å². The maximum absolute atomic E-state index is 12.2. The monoisotopic (exact) mass is 399 g/mol. The molecule has 0 aromatic heterocycles. The second-order valence-corrected chi connectivity index (χ2v) is 6.24. The highest BCUT2D eigenvalue weighted by Gasteiger charge is 2.09. The van der Waals surface area contributed by atoms with E-state index in [0.717, 1.165) is 11.1 Å². The van der Waals surface area contributed by atoms with Crippen LogP contribution < -0.4 is 20.1 Å². The lowest BCUT2D eigenvalue weighted by molar-refractivity contribution is -0.117. The molecule has 0 aliphatic carbocycles. The number of rotatable bonds is 9. The molecule has 0 bridgehead atoms. The number of hydrogen-bond donors (Lipinski definition) is 2. The van der Waals surface area contributed by atoms with Crippen LogP contribution in [0.5, 0.6) is 11.5 Å². The Hall–Kier alpha value is -3.17. The van der Waals surface area contributed by atoms with Gasteiger partial charge >= 0.3 is 0 Å². The molecule has 2 aromatic rings. The highest BCUT2D eigenvalue weighted by Crippen LogP contribution is 2.27. The largest absolute Gasteiger partial charge is 0.493 e. The van der Waals surface area contributed by atoms with E-state index in [2.05, 4.69) is 10.6 Å². The molecule has 2 rings (SSSR count). The number of nitrogens with one attached hydrogen (secondary N) is 2. The lowest BCUT2D eigenvalue weighted by atomic mass is 10.1. The zero-order valence-corrected chi connectivity index (χ0v) is 16.5. The minimum atomic E-state index is -0.436. The van der Waals surface area contributed by atoms with Gasteiger partial charge in [-0.2, -0.15) is 5.26 Å². The molecular weight excluding hydrogens is 378 g/mol. The van der Waals surface area contributed by atoms with Gasteiger partial charge in [0.1, 0.15) is 11.6 Å². The smallest absolute Gasteiger partial charge is 0.263 e. The first-order chi connectivity index (χ1) is 13.6. The predicted octanol–water partition coefficient (Wildman–Crippen LogP) is 3.21. The predicted molar refractivity (Wildman–Crippen MR) is 108 cm³/mol. The van der Waals surface area contributed by atoms with Crippen molar-refractivity contribution in [3.8, 4) is 17.6 Å². The summed E-state index contributed by atoms with van der Waals surface area (Å²) in [6, 6.07) is 14.9. The van der Waals surface area contributed by atoms with Gasteiger partial charge in [-0.1, -0.05) is 35.9 Å². The van der Waals surface area contributed by atoms with Crippen LogP contribution in [-0.2, 0) is 17.8 Å². The van der Waals surface area contributed by atoms with E-state index in [9.17, 15) is 10.1 Å². The zero-order chi connectivity index (χ0) is 20.4. The van der Waals surface area contributed by atoms with Crippen molar-refractivity contribution in [3.63, 3.8) is 0 Å². The molecule has 0 fully saturated rings. The molecule has 6 nitrogen and oxygen atoms in total. The summed E-state index contributed by atoms with van der Waals surface area (Å²) in [5, 5.41) is 15.5. The van der Waals surface area contributed by atoms with Gasteiger partial charge in [-0.05, 0) is 35.7 Å². The minimum absolute atomic E-state index is 0.000588. The number of nitriles is 1. The van der Waals surface area contributed by atoms with Crippen LogP contribution in [0, 0.1) is 11.3 Å². The van der Waals surface area contributed by atoms with Crippen LogP contribution in [0.2, 0.25) is 5.02 Å². The quantitative estimate of drug-likeness (QED) is 0.499. The van der Waals surface area contributed by atoms with Crippen LogP contribution in [0.15, 0.2) is 54.2 Å². The highest BCUT2D eigenvalue weighted by atomic mass is 35.5. The van der Waals surface area contributed by atoms with Gasteiger partial charge in [0.2, 0.25) is 0 Å². The second kappa shape index (κ2) is 10.9. The number of amides is 1. The average Bonchev–Trinajstić information content (AvgIpc) is 2.72. The third-order valence-corrected chi connectivity index (χ3v) is 4.38. The Morgan fingerprint density at radius 2 is 1.93 bits per heavy atom. The van der Waals surface area contributed by atoms with E-state index in [4.69, 9.17) is 21.1 Å². The standard InChI is InChI=1S/C21H22ClN3O3/c1-27-19-8-7-15(11-20(19)28-2)9-10-25-21(26)17(12-23)14-24-13-16-5-3-4-6-18(16)22/h3-8,11,14,24H,9-10,13H2,1-2H3,(H,25,26)/b17-14-. The molecule has 146 valence electrons. The van der Waals surface area contributed by atoms with E-state index < -0.39 is 5.91 Å². The Balaban J connectivity index is 1.86. The Morgan fingerprint density at radius 3 is 2.61 bits per heavy atom. The van der Waals surface area contributed by atoms with Crippen LogP contribution in [0.4, 0.5) is 0 Å². The molecule has 0 saturated carbocycles. The number of nitrogens with zero attached hydrogens (tertiary/aromatic N) is 1. The van der Waals surface area contributed by atoms with Crippen LogP contribution in [-0.4, -0.2) is 26.7 Å². The van der Waals surface area contributed by atoms with Crippen LogP contribution >= 0.6 is 11.6 Å². The van der Waals surface area contributed by atoms with E-state index >= 15 is 0 Å². The SMILES string of the molecule is COc1ccc(CCNC(=O)/C(C#N)=C\NCc2ccccc2Cl)cc1OC. The summed E-state index contributed by atoms with van der Waals surface area (Å²) >= 11 is 6.08. The number of hydrogen-bond acceptors (Lipinski definition) is 5. The fraction of sp³-hybridized carbons (Fsp3) is 0.238. The normalized spacial score (nSPS) is 10.7. The van der Waals surface area contributed by atoms with Crippen molar-refractivity contribution in [2.45, 2.75) is 13.0 Å². The molecule has 2 N–H and O–H groups in total. The molecular formula is C21H22ClN3O3. The molecule has 0 saturated heterocycles. The third-order valence-electron chi connectivity index (χ3n) is 4.01. The fourth-order valence-electron chi connectivity index (χ4n) is 2.51. The van der Waals surface area contributed by atoms with Gasteiger partial charge in [0, 0.05) is 24.3 Å². The van der Waals surface area contributed by atoms with E-state index in [1.54, 1.807) is 20.3 Å². The minimum Gasteiger partial charge on any atom is -0.493 e. The second-order valence-electron chi connectivity index (χ2n) is 5.84. The summed E-state index contributed by atoms with van der Waals surface area (Å²) < 4.78 is 10.5. The first-order valence-electron chi connectivity index (χ1n) is 8.65. The topological polar surface area (TPSA) is 83.4 Å². The third kappa shape index (κ3) is 5.93. The van der Waals surface area contributed by atoms with Crippen molar-refractivity contribution in [2.75, 3.05) is 20.8 Å². The molecule has 0 spiro atoms. The van der Waals surface area contributed by atoms with Gasteiger partial charge in [-0.25, -0.2) is 0 Å². The highest BCUT2D eigenvalue weighted by molar-refractivity contribution is 6.31. The van der Waals surface area contributed by atoms with E-state index in [1.165, 1.54) is 6.20 Å². The number of carbonyl (C=O) groups is 1. The first-order valence-corrected chi connectivity index (χ1v) is 9.03. The van der Waals surface area contributed by atoms with E-state index in [1.807, 2.05) is 42.5 Å². The van der Waals surface area contributed by atoms with Gasteiger partial charge in [0.05, 0.1) is 14.2 Å². The average molecular weight is 400 g/mol. The maximum atomic E-state index is 12.2. The van der Waals surface area contributed by atoms with Crippen molar-refractivity contribution >= 4 is 17.5 Å². The van der Waals surface area contributed by atoms with Gasteiger partial charge in [-0.3, -0.25) is 4.79 Å². The van der Waals surface area contributed by atoms with Gasteiger partial charge in [0.15, 0.2) is 11.5 Å². The molecule has 0 aliphatic rings. The zero-order valence-electron chi connectivity index (χ0n) is 15.8. The molecule has 0 aliphatic heterocycles. The summed E-state index contributed by atoms with van der Waals surface area (Å²) in [5.41, 5.74) is 1.86. The summed E-state index contributed by atoms with van der Waals surface area (Å²) in [5.74, 6) is 0.844. The lowest BCUT2D eigenvalue weighted by Crippen LogP contribution is -2.27. The molecule has 0 unspecified atom stereocenters. The van der Waals surface area contributed by atoms with Crippen molar-refractivity contribution in [3.05, 3.63) is 70.4 Å². The Labute approximate surface area is 169 Å². The summed E-state index contributed by atoms with van der Waals surface area (Å²) in [7, 11) is 3.15. The number of ether oxygens (including phenoxy) is 2. The molecule has 7 heteroatoms. The van der Waals surface area contributed by atoms with Crippen LogP contribution in [0.25, 0.3) is 0 Å².